The van der Waals surface area contributed by atoms with E-state index in [9.17, 15) is 14.6 Å². The number of aliphatic hydroxyl groups excluding tert-OH is 1. The number of aromatic nitrogens is 5. The molecule has 4 N–H and O–H groups in total. The number of hydrogen-bond donors (Lipinski definition) is 3. The van der Waals surface area contributed by atoms with Crippen LogP contribution in [0.1, 0.15) is 12.5 Å². The molecule has 0 spiro atoms. The number of fused-ring (bicyclic) bond motifs is 2. The van der Waals surface area contributed by atoms with Gasteiger partial charge in [-0.15, -0.1) is 5.10 Å². The molecule has 12 heteroatoms. The van der Waals surface area contributed by atoms with Crippen LogP contribution >= 0.6 is 7.82 Å². The number of nitrogens with two attached hydrogens (primary N) is 1. The van der Waals surface area contributed by atoms with Crippen molar-refractivity contribution in [2.75, 3.05) is 12.3 Å². The second-order valence-corrected chi connectivity index (χ2v) is 6.76. The second-order valence-electron chi connectivity index (χ2n) is 5.35. The van der Waals surface area contributed by atoms with Crippen LogP contribution in [-0.4, -0.2) is 53.8 Å². The van der Waals surface area contributed by atoms with Crippen molar-refractivity contribution in [1.29, 1.82) is 0 Å². The highest BCUT2D eigenvalue weighted by molar-refractivity contribution is 7.47. The van der Waals surface area contributed by atoms with E-state index in [0.29, 0.717) is 17.6 Å². The third-order valence-corrected chi connectivity index (χ3v) is 5.04. The maximum Gasteiger partial charge on any atom is 0.472 e. The summed E-state index contributed by atoms with van der Waals surface area (Å²) in [6.45, 7) is 0.0375. The van der Waals surface area contributed by atoms with Crippen LogP contribution in [0.4, 0.5) is 5.82 Å². The van der Waals surface area contributed by atoms with Gasteiger partial charge in [0.25, 0.3) is 0 Å². The highest BCUT2D eigenvalue weighted by atomic mass is 31.2. The Hall–Kier alpha value is -1.65. The van der Waals surface area contributed by atoms with Gasteiger partial charge in [-0.3, -0.25) is 9.05 Å². The van der Waals surface area contributed by atoms with Gasteiger partial charge in [0.1, 0.15) is 18.5 Å². The number of nitrogens with zero attached hydrogens (tertiary/aromatic N) is 5. The van der Waals surface area contributed by atoms with Gasteiger partial charge in [0.05, 0.1) is 12.6 Å². The summed E-state index contributed by atoms with van der Waals surface area (Å²) < 4.78 is 22.7. The lowest BCUT2D eigenvalue weighted by Gasteiger charge is -2.29. The Labute approximate surface area is 123 Å². The second kappa shape index (κ2) is 4.67. The summed E-state index contributed by atoms with van der Waals surface area (Å²) in [5.74, 6) is -0.0201. The Morgan fingerprint density at radius 3 is 3.09 bits per heavy atom. The van der Waals surface area contributed by atoms with E-state index in [4.69, 9.17) is 14.8 Å². The zero-order valence-corrected chi connectivity index (χ0v) is 12.1. The van der Waals surface area contributed by atoms with Gasteiger partial charge in [-0.05, 0) is 6.42 Å². The minimum atomic E-state index is -4.10. The molecule has 5 atom stereocenters. The number of phosphoric ester groups is 1. The van der Waals surface area contributed by atoms with E-state index in [1.807, 2.05) is 0 Å². The van der Waals surface area contributed by atoms with E-state index < -0.39 is 26.1 Å². The normalized spacial score (nSPS) is 38.3. The summed E-state index contributed by atoms with van der Waals surface area (Å²) in [7, 11) is -4.10. The minimum absolute atomic E-state index is 0.0375. The van der Waals surface area contributed by atoms with E-state index in [1.54, 1.807) is 0 Å². The van der Waals surface area contributed by atoms with Crippen LogP contribution in [0, 0.1) is 5.92 Å². The quantitative estimate of drug-likeness (QED) is 0.568. The zero-order valence-electron chi connectivity index (χ0n) is 11.2. The van der Waals surface area contributed by atoms with Crippen LogP contribution in [0.5, 0.6) is 0 Å². The van der Waals surface area contributed by atoms with E-state index in [-0.39, 0.29) is 18.3 Å². The van der Waals surface area contributed by atoms with Crippen molar-refractivity contribution in [2.24, 2.45) is 5.92 Å². The topological polar surface area (TPSA) is 158 Å². The molecular formula is C10H13N6O5P. The van der Waals surface area contributed by atoms with Gasteiger partial charge >= 0.3 is 7.82 Å². The molecule has 3 heterocycles. The molecule has 2 aromatic heterocycles. The molecule has 118 valence electrons. The Kier molecular flexibility index (Phi) is 2.97. The van der Waals surface area contributed by atoms with Gasteiger partial charge in [0.2, 0.25) is 0 Å². The van der Waals surface area contributed by atoms with Crippen molar-refractivity contribution < 1.29 is 23.6 Å². The fourth-order valence-electron chi connectivity index (χ4n) is 3.02. The van der Waals surface area contributed by atoms with E-state index >= 15 is 0 Å². The van der Waals surface area contributed by atoms with Gasteiger partial charge in [-0.25, -0.2) is 19.2 Å². The van der Waals surface area contributed by atoms with Crippen LogP contribution in [0.15, 0.2) is 6.33 Å². The lowest BCUT2D eigenvalue weighted by Crippen LogP contribution is -2.36. The molecule has 1 saturated carbocycles. The first kappa shape index (κ1) is 14.0. The zero-order chi connectivity index (χ0) is 15.5. The van der Waals surface area contributed by atoms with Crippen molar-refractivity contribution in [3.63, 3.8) is 0 Å². The molecule has 1 saturated heterocycles. The van der Waals surface area contributed by atoms with Gasteiger partial charge in [0.15, 0.2) is 17.0 Å². The lowest BCUT2D eigenvalue weighted by molar-refractivity contribution is -0.0385. The average Bonchev–Trinajstić information content (AvgIpc) is 3.01. The Bertz CT molecular complexity index is 782. The van der Waals surface area contributed by atoms with Crippen molar-refractivity contribution >= 4 is 24.8 Å². The standard InChI is InChI=1S/C10H13N6O5P/c11-9-6-10(13-3-12-9)16(15-14-6)5-1-4-2-20-22(18,19)21-8(4)7(5)17/h3-5,7-8,17H,1-2H2,(H,18,19)(H2,11,12,13). The fraction of sp³-hybridized carbons (Fsp3) is 0.600. The number of anilines is 1. The van der Waals surface area contributed by atoms with Crippen LogP contribution in [0.25, 0.3) is 11.2 Å². The molecule has 2 aromatic rings. The smallest absolute Gasteiger partial charge is 0.388 e. The van der Waals surface area contributed by atoms with Crippen molar-refractivity contribution in [1.82, 2.24) is 25.0 Å². The summed E-state index contributed by atoms with van der Waals surface area (Å²) >= 11 is 0. The van der Waals surface area contributed by atoms with Gasteiger partial charge in [0, 0.05) is 5.92 Å². The minimum Gasteiger partial charge on any atom is -0.388 e. The summed E-state index contributed by atoms with van der Waals surface area (Å²) in [4.78, 5) is 17.3. The first-order valence-electron chi connectivity index (χ1n) is 6.61. The highest BCUT2D eigenvalue weighted by Gasteiger charge is 2.51. The maximum absolute atomic E-state index is 11.5. The highest BCUT2D eigenvalue weighted by Crippen LogP contribution is 2.54. The van der Waals surface area contributed by atoms with Crippen LogP contribution < -0.4 is 5.73 Å². The number of aliphatic hydroxyl groups is 1. The number of nitrogen functional groups attached to an aromatic ring is 1. The van der Waals surface area contributed by atoms with Gasteiger partial charge < -0.3 is 15.7 Å². The van der Waals surface area contributed by atoms with E-state index in [2.05, 4.69) is 20.3 Å². The molecule has 0 radical (unpaired) electrons. The molecule has 11 nitrogen and oxygen atoms in total. The molecule has 1 aliphatic heterocycles. The van der Waals surface area contributed by atoms with Crippen molar-refractivity contribution in [3.8, 4) is 0 Å². The average molecular weight is 328 g/mol. The van der Waals surface area contributed by atoms with Crippen LogP contribution in [0.2, 0.25) is 0 Å². The first-order chi connectivity index (χ1) is 10.5. The van der Waals surface area contributed by atoms with E-state index in [1.165, 1.54) is 11.0 Å². The number of hydrogen-bond acceptors (Lipinski definition) is 9. The van der Waals surface area contributed by atoms with Gasteiger partial charge in [-0.1, -0.05) is 5.21 Å². The molecule has 5 unspecified atom stereocenters. The van der Waals surface area contributed by atoms with Crippen LogP contribution in [-0.2, 0) is 13.6 Å². The van der Waals surface area contributed by atoms with Crippen molar-refractivity contribution in [2.45, 2.75) is 24.7 Å². The van der Waals surface area contributed by atoms with Crippen LogP contribution in [0.3, 0.4) is 0 Å². The van der Waals surface area contributed by atoms with Crippen molar-refractivity contribution in [3.05, 3.63) is 6.33 Å². The van der Waals surface area contributed by atoms with Gasteiger partial charge in [-0.2, -0.15) is 0 Å². The molecule has 22 heavy (non-hydrogen) atoms. The molecule has 0 bridgehead atoms. The molecular weight excluding hydrogens is 315 g/mol. The molecule has 0 aromatic carbocycles. The Balaban J connectivity index is 1.71. The largest absolute Gasteiger partial charge is 0.472 e. The lowest BCUT2D eigenvalue weighted by atomic mass is 10.1. The third kappa shape index (κ3) is 2.02. The predicted molar refractivity (Wildman–Crippen MR) is 71.3 cm³/mol. The molecule has 2 aliphatic rings. The summed E-state index contributed by atoms with van der Waals surface area (Å²) in [6.07, 6.45) is -0.0924. The fourth-order valence-corrected chi connectivity index (χ4v) is 4.06. The SMILES string of the molecule is Nc1ncnc2c1nnn2C1CC2COP(=O)(O)OC2C1O. The molecule has 0 amide bonds. The monoisotopic (exact) mass is 328 g/mol. The predicted octanol–water partition coefficient (Wildman–Crippen LogP) is -0.759. The third-order valence-electron chi connectivity index (χ3n) is 4.05. The number of rotatable bonds is 1. The summed E-state index contributed by atoms with van der Waals surface area (Å²) in [5, 5.41) is 18.3. The summed E-state index contributed by atoms with van der Waals surface area (Å²) in [6, 6.07) is -0.504. The molecule has 1 aliphatic carbocycles. The Morgan fingerprint density at radius 2 is 2.27 bits per heavy atom. The molecule has 4 rings (SSSR count). The van der Waals surface area contributed by atoms with E-state index in [0.717, 1.165) is 0 Å². The molecule has 2 fully saturated rings. The number of phosphoric acid groups is 1. The summed E-state index contributed by atoms with van der Waals surface area (Å²) in [5.41, 5.74) is 6.45. The maximum atomic E-state index is 11.5. The first-order valence-corrected chi connectivity index (χ1v) is 8.11. The Morgan fingerprint density at radius 1 is 1.45 bits per heavy atom.